The van der Waals surface area contributed by atoms with Crippen LogP contribution in [-0.4, -0.2) is 23.0 Å². The fourth-order valence-electron chi connectivity index (χ4n) is 4.95. The van der Waals surface area contributed by atoms with Gasteiger partial charge in [0.15, 0.2) is 0 Å². The van der Waals surface area contributed by atoms with Gasteiger partial charge in [0.1, 0.15) is 23.5 Å². The zero-order valence-corrected chi connectivity index (χ0v) is 17.2. The van der Waals surface area contributed by atoms with E-state index in [-0.39, 0.29) is 0 Å². The van der Waals surface area contributed by atoms with Gasteiger partial charge in [-0.2, -0.15) is 0 Å². The highest BCUT2D eigenvalue weighted by molar-refractivity contribution is 5.81. The van der Waals surface area contributed by atoms with Gasteiger partial charge >= 0.3 is 0 Å². The Labute approximate surface area is 164 Å². The van der Waals surface area contributed by atoms with E-state index in [0.717, 1.165) is 0 Å². The molecule has 0 spiro atoms. The Balaban J connectivity index is 1.83. The Morgan fingerprint density at radius 3 is 2.19 bits per heavy atom. The van der Waals surface area contributed by atoms with Crippen molar-refractivity contribution in [3.8, 4) is 0 Å². The van der Waals surface area contributed by atoms with E-state index in [4.69, 9.17) is 0 Å². The standard InChI is InChI=1S/C25H33N2/c1-18(2)20-11-5-7-13-22(20)26-17-27(25-16-10-9-15-24(25)26)23-14-8-6-12-21(23)19(3)4/h5-8,11-14,17-19,24-25H,9-10,15-16H2,1-4H3/q+1/t24-,25-/m1/s1. The molecule has 2 atom stereocenters. The maximum atomic E-state index is 2.59. The number of fused-ring (bicyclic) bond motifs is 1. The predicted molar refractivity (Wildman–Crippen MR) is 116 cm³/mol. The molecule has 142 valence electrons. The molecule has 1 fully saturated rings. The summed E-state index contributed by atoms with van der Waals surface area (Å²) in [6.45, 7) is 9.22. The summed E-state index contributed by atoms with van der Waals surface area (Å²) in [4.78, 5) is 2.59. The van der Waals surface area contributed by atoms with Gasteiger partial charge in [-0.05, 0) is 49.7 Å². The van der Waals surface area contributed by atoms with Gasteiger partial charge in [0.25, 0.3) is 0 Å². The minimum Gasteiger partial charge on any atom is -0.226 e. The third kappa shape index (κ3) is 3.31. The molecule has 4 rings (SSSR count). The molecule has 2 aromatic carbocycles. The molecule has 1 aliphatic heterocycles. The van der Waals surface area contributed by atoms with Crippen molar-refractivity contribution >= 4 is 17.7 Å². The third-order valence-corrected chi connectivity index (χ3v) is 6.33. The van der Waals surface area contributed by atoms with E-state index in [1.54, 1.807) is 0 Å². The van der Waals surface area contributed by atoms with Crippen LogP contribution in [0.4, 0.5) is 11.4 Å². The summed E-state index contributed by atoms with van der Waals surface area (Å²) < 4.78 is 2.59. The first-order valence-electron chi connectivity index (χ1n) is 10.7. The lowest BCUT2D eigenvalue weighted by Gasteiger charge is -2.28. The highest BCUT2D eigenvalue weighted by atomic mass is 15.3. The van der Waals surface area contributed by atoms with Crippen molar-refractivity contribution in [2.45, 2.75) is 77.3 Å². The number of hydrogen-bond acceptors (Lipinski definition) is 1. The fraction of sp³-hybridized carbons (Fsp3) is 0.480. The van der Waals surface area contributed by atoms with Crippen LogP contribution in [0.1, 0.15) is 76.3 Å². The van der Waals surface area contributed by atoms with Gasteiger partial charge < -0.3 is 0 Å². The second-order valence-corrected chi connectivity index (χ2v) is 8.78. The smallest absolute Gasteiger partial charge is 0.226 e. The average Bonchev–Trinajstić information content (AvgIpc) is 3.07. The van der Waals surface area contributed by atoms with E-state index < -0.39 is 0 Å². The second-order valence-electron chi connectivity index (χ2n) is 8.78. The van der Waals surface area contributed by atoms with E-state index in [1.807, 2.05) is 0 Å². The molecule has 27 heavy (non-hydrogen) atoms. The first kappa shape index (κ1) is 18.3. The average molecular weight is 362 g/mol. The minimum atomic E-state index is 0.536. The van der Waals surface area contributed by atoms with Crippen molar-refractivity contribution in [2.75, 3.05) is 4.90 Å². The number of hydrogen-bond donors (Lipinski definition) is 0. The van der Waals surface area contributed by atoms with Crippen LogP contribution in [0.2, 0.25) is 0 Å². The quantitative estimate of drug-likeness (QED) is 0.568. The van der Waals surface area contributed by atoms with Crippen molar-refractivity contribution in [3.05, 3.63) is 59.7 Å². The van der Waals surface area contributed by atoms with Gasteiger partial charge in [0, 0.05) is 11.1 Å². The normalized spacial score (nSPS) is 22.3. The summed E-state index contributed by atoms with van der Waals surface area (Å²) in [7, 11) is 0. The summed E-state index contributed by atoms with van der Waals surface area (Å²) in [5.74, 6) is 1.07. The van der Waals surface area contributed by atoms with Crippen LogP contribution in [0.5, 0.6) is 0 Å². The van der Waals surface area contributed by atoms with Gasteiger partial charge in [-0.15, -0.1) is 0 Å². The van der Waals surface area contributed by atoms with Crippen LogP contribution in [-0.2, 0) is 0 Å². The Kier molecular flexibility index (Phi) is 5.08. The fourth-order valence-corrected chi connectivity index (χ4v) is 4.95. The molecule has 0 unspecified atom stereocenters. The number of benzene rings is 2. The van der Waals surface area contributed by atoms with Gasteiger partial charge in [-0.1, -0.05) is 64.1 Å². The molecule has 1 aliphatic carbocycles. The second kappa shape index (κ2) is 7.50. The molecule has 2 nitrogen and oxygen atoms in total. The zero-order chi connectivity index (χ0) is 19.0. The molecule has 2 aliphatic rings. The summed E-state index contributed by atoms with van der Waals surface area (Å²) in [5.41, 5.74) is 5.71. The van der Waals surface area contributed by atoms with Crippen molar-refractivity contribution in [1.82, 2.24) is 0 Å². The van der Waals surface area contributed by atoms with E-state index in [1.165, 1.54) is 48.2 Å². The lowest BCUT2D eigenvalue weighted by Crippen LogP contribution is -2.41. The summed E-state index contributed by atoms with van der Waals surface area (Å²) in [5, 5.41) is 0. The molecule has 0 amide bonds. The monoisotopic (exact) mass is 361 g/mol. The first-order chi connectivity index (χ1) is 13.1. The Hall–Kier alpha value is -2.09. The van der Waals surface area contributed by atoms with E-state index in [2.05, 4.69) is 92.0 Å². The predicted octanol–water partition coefficient (Wildman–Crippen LogP) is 6.44. The highest BCUT2D eigenvalue weighted by Gasteiger charge is 2.45. The topological polar surface area (TPSA) is 6.25 Å². The number of rotatable bonds is 4. The zero-order valence-electron chi connectivity index (χ0n) is 17.2. The molecule has 1 saturated carbocycles. The SMILES string of the molecule is CC(C)c1ccccc1N1C=[N+](c2ccccc2C(C)C)[C@@H]2CCCC[C@H]21. The third-order valence-electron chi connectivity index (χ3n) is 6.33. The van der Waals surface area contributed by atoms with Crippen LogP contribution in [0.3, 0.4) is 0 Å². The van der Waals surface area contributed by atoms with E-state index >= 15 is 0 Å². The largest absolute Gasteiger partial charge is 0.245 e. The first-order valence-corrected chi connectivity index (χ1v) is 10.7. The lowest BCUT2D eigenvalue weighted by atomic mass is 9.88. The van der Waals surface area contributed by atoms with Crippen molar-refractivity contribution in [1.29, 1.82) is 0 Å². The minimum absolute atomic E-state index is 0.536. The van der Waals surface area contributed by atoms with E-state index in [9.17, 15) is 0 Å². The molecule has 0 bridgehead atoms. The maximum absolute atomic E-state index is 2.59. The van der Waals surface area contributed by atoms with Gasteiger partial charge in [0.05, 0.1) is 0 Å². The van der Waals surface area contributed by atoms with Gasteiger partial charge in [-0.3, -0.25) is 0 Å². The molecule has 2 heteroatoms. The van der Waals surface area contributed by atoms with Crippen molar-refractivity contribution in [2.24, 2.45) is 0 Å². The van der Waals surface area contributed by atoms with Crippen LogP contribution in [0.25, 0.3) is 0 Å². The van der Waals surface area contributed by atoms with E-state index in [0.29, 0.717) is 23.9 Å². The molecule has 1 heterocycles. The molecule has 2 aromatic rings. The summed E-state index contributed by atoms with van der Waals surface area (Å²) in [6.07, 6.45) is 7.68. The Morgan fingerprint density at radius 2 is 1.44 bits per heavy atom. The van der Waals surface area contributed by atoms with Crippen LogP contribution >= 0.6 is 0 Å². The van der Waals surface area contributed by atoms with Crippen LogP contribution < -0.4 is 4.90 Å². The Morgan fingerprint density at radius 1 is 0.815 bits per heavy atom. The maximum Gasteiger partial charge on any atom is 0.245 e. The molecular weight excluding hydrogens is 328 g/mol. The molecule has 0 radical (unpaired) electrons. The van der Waals surface area contributed by atoms with Crippen LogP contribution in [0, 0.1) is 0 Å². The number of para-hydroxylation sites is 2. The van der Waals surface area contributed by atoms with Crippen molar-refractivity contribution < 1.29 is 4.58 Å². The molecule has 0 N–H and O–H groups in total. The molecule has 0 saturated heterocycles. The number of nitrogens with zero attached hydrogens (tertiary/aromatic N) is 2. The number of anilines is 1. The molecule has 0 aromatic heterocycles. The lowest BCUT2D eigenvalue weighted by molar-refractivity contribution is -0.477. The van der Waals surface area contributed by atoms with Crippen LogP contribution in [0.15, 0.2) is 48.5 Å². The molecular formula is C25H33N2+. The Bertz CT molecular complexity index is 834. The summed E-state index contributed by atoms with van der Waals surface area (Å²) >= 11 is 0. The van der Waals surface area contributed by atoms with Crippen molar-refractivity contribution in [3.63, 3.8) is 0 Å². The van der Waals surface area contributed by atoms with Gasteiger partial charge in [0.2, 0.25) is 6.34 Å². The van der Waals surface area contributed by atoms with Gasteiger partial charge in [-0.25, -0.2) is 9.48 Å². The summed E-state index contributed by atoms with van der Waals surface area (Å²) in [6, 6.07) is 19.1. The highest BCUT2D eigenvalue weighted by Crippen LogP contribution is 2.39.